The summed E-state index contributed by atoms with van der Waals surface area (Å²) < 4.78 is 23.6. The van der Waals surface area contributed by atoms with Crippen molar-refractivity contribution < 1.29 is 13.6 Å². The zero-order chi connectivity index (χ0) is 16.2. The van der Waals surface area contributed by atoms with Crippen molar-refractivity contribution in [1.29, 1.82) is 0 Å². The van der Waals surface area contributed by atoms with Crippen molar-refractivity contribution in [3.05, 3.63) is 48.0 Å². The maximum absolute atomic E-state index is 12.7. The molecular weight excluding hydrogens is 295 g/mol. The lowest BCUT2D eigenvalue weighted by molar-refractivity contribution is 0.151. The van der Waals surface area contributed by atoms with E-state index in [1.54, 1.807) is 0 Å². The van der Waals surface area contributed by atoms with Crippen molar-refractivity contribution >= 4 is 18.4 Å². The highest BCUT2D eigenvalue weighted by atomic mass is 31.2. The molecule has 0 aliphatic carbocycles. The normalized spacial score (nSPS) is 11.7. The Hall–Kier alpha value is -1.59. The summed E-state index contributed by atoms with van der Waals surface area (Å²) in [5.41, 5.74) is 3.55. The molecule has 0 bridgehead atoms. The third kappa shape index (κ3) is 4.45. The molecule has 0 saturated carbocycles. The Labute approximate surface area is 132 Å². The van der Waals surface area contributed by atoms with Crippen molar-refractivity contribution in [3.8, 4) is 11.6 Å². The SMILES string of the molecule is CC(C)OP(=O)(C#Cc1cccc2ccccc12)OC(C)C. The largest absolute Gasteiger partial charge is 0.406 e. The van der Waals surface area contributed by atoms with Gasteiger partial charge in [0.1, 0.15) is 0 Å². The first-order valence-electron chi connectivity index (χ1n) is 7.37. The highest BCUT2D eigenvalue weighted by molar-refractivity contribution is 7.59. The molecule has 3 nitrogen and oxygen atoms in total. The second-order valence-corrected chi connectivity index (χ2v) is 7.21. The predicted molar refractivity (Wildman–Crippen MR) is 90.9 cm³/mol. The first kappa shape index (κ1) is 16.8. The van der Waals surface area contributed by atoms with Crippen LogP contribution in [0.2, 0.25) is 0 Å². The molecule has 116 valence electrons. The van der Waals surface area contributed by atoms with Crippen LogP contribution in [0.1, 0.15) is 33.3 Å². The van der Waals surface area contributed by atoms with E-state index in [9.17, 15) is 4.57 Å². The van der Waals surface area contributed by atoms with Crippen LogP contribution < -0.4 is 0 Å². The van der Waals surface area contributed by atoms with Gasteiger partial charge in [-0.05, 0) is 44.5 Å². The molecule has 0 N–H and O–H groups in total. The van der Waals surface area contributed by atoms with E-state index < -0.39 is 7.60 Å². The Morgan fingerprint density at radius 3 is 2.14 bits per heavy atom. The molecule has 0 unspecified atom stereocenters. The summed E-state index contributed by atoms with van der Waals surface area (Å²) in [6, 6.07) is 13.8. The Bertz CT molecular complexity index is 734. The molecule has 0 spiro atoms. The summed E-state index contributed by atoms with van der Waals surface area (Å²) in [7, 11) is -3.44. The van der Waals surface area contributed by atoms with E-state index in [2.05, 4.69) is 11.6 Å². The molecule has 0 aromatic heterocycles. The molecule has 0 heterocycles. The Morgan fingerprint density at radius 1 is 0.909 bits per heavy atom. The summed E-state index contributed by atoms with van der Waals surface area (Å²) in [5.74, 6) is 2.98. The van der Waals surface area contributed by atoms with E-state index in [-0.39, 0.29) is 12.2 Å². The van der Waals surface area contributed by atoms with Crippen LogP contribution in [0.25, 0.3) is 10.8 Å². The molecule has 4 heteroatoms. The summed E-state index contributed by atoms with van der Waals surface area (Å²) in [6.45, 7) is 7.26. The molecule has 0 radical (unpaired) electrons. The minimum absolute atomic E-state index is 0.216. The monoisotopic (exact) mass is 316 g/mol. The first-order valence-corrected chi connectivity index (χ1v) is 8.92. The lowest BCUT2D eigenvalue weighted by Crippen LogP contribution is -2.06. The highest BCUT2D eigenvalue weighted by Gasteiger charge is 2.25. The van der Waals surface area contributed by atoms with Gasteiger partial charge in [-0.2, -0.15) is 0 Å². The zero-order valence-electron chi connectivity index (χ0n) is 13.4. The van der Waals surface area contributed by atoms with Crippen molar-refractivity contribution in [2.45, 2.75) is 39.9 Å². The van der Waals surface area contributed by atoms with E-state index in [0.29, 0.717) is 0 Å². The average Bonchev–Trinajstić information content (AvgIpc) is 2.43. The van der Waals surface area contributed by atoms with Gasteiger partial charge in [0.2, 0.25) is 0 Å². The average molecular weight is 316 g/mol. The van der Waals surface area contributed by atoms with Crippen LogP contribution in [0.5, 0.6) is 0 Å². The molecule has 2 aromatic carbocycles. The molecule has 0 saturated heterocycles. The second-order valence-electron chi connectivity index (χ2n) is 5.57. The summed E-state index contributed by atoms with van der Waals surface area (Å²) >= 11 is 0. The fourth-order valence-electron chi connectivity index (χ4n) is 2.10. The van der Waals surface area contributed by atoms with Crippen LogP contribution in [0, 0.1) is 11.6 Å². The van der Waals surface area contributed by atoms with Gasteiger partial charge in [0.15, 0.2) is 0 Å². The van der Waals surface area contributed by atoms with Crippen LogP contribution >= 0.6 is 7.60 Å². The third-order valence-electron chi connectivity index (χ3n) is 2.82. The van der Waals surface area contributed by atoms with Gasteiger partial charge >= 0.3 is 7.60 Å². The lowest BCUT2D eigenvalue weighted by Gasteiger charge is -2.17. The van der Waals surface area contributed by atoms with Gasteiger partial charge < -0.3 is 0 Å². The summed E-state index contributed by atoms with van der Waals surface area (Å²) in [4.78, 5) is 0. The fourth-order valence-corrected chi connectivity index (χ4v) is 3.62. The molecule has 0 aliphatic heterocycles. The molecule has 0 atom stereocenters. The number of benzene rings is 2. The lowest BCUT2D eigenvalue weighted by atomic mass is 10.1. The van der Waals surface area contributed by atoms with E-state index in [0.717, 1.165) is 16.3 Å². The Kier molecular flexibility index (Phi) is 5.42. The number of rotatable bonds is 4. The van der Waals surface area contributed by atoms with Gasteiger partial charge in [-0.25, -0.2) is 4.57 Å². The van der Waals surface area contributed by atoms with Gasteiger partial charge in [0.25, 0.3) is 0 Å². The van der Waals surface area contributed by atoms with E-state index in [1.165, 1.54) is 0 Å². The predicted octanol–water partition coefficient (Wildman–Crippen LogP) is 5.19. The Balaban J connectivity index is 2.42. The summed E-state index contributed by atoms with van der Waals surface area (Å²) in [5, 5.41) is 2.12. The topological polar surface area (TPSA) is 35.5 Å². The smallest absolute Gasteiger partial charge is 0.297 e. The van der Waals surface area contributed by atoms with Gasteiger partial charge in [-0.1, -0.05) is 42.3 Å². The molecule has 22 heavy (non-hydrogen) atoms. The van der Waals surface area contributed by atoms with Crippen LogP contribution in [-0.2, 0) is 13.6 Å². The molecular formula is C18H21O3P. The van der Waals surface area contributed by atoms with E-state index >= 15 is 0 Å². The van der Waals surface area contributed by atoms with Crippen molar-refractivity contribution in [3.63, 3.8) is 0 Å². The van der Waals surface area contributed by atoms with Gasteiger partial charge in [-0.3, -0.25) is 9.05 Å². The van der Waals surface area contributed by atoms with Gasteiger partial charge in [-0.15, -0.1) is 0 Å². The molecule has 0 aliphatic rings. The highest BCUT2D eigenvalue weighted by Crippen LogP contribution is 2.49. The van der Waals surface area contributed by atoms with Crippen LogP contribution in [0.15, 0.2) is 42.5 Å². The maximum Gasteiger partial charge on any atom is 0.406 e. The van der Waals surface area contributed by atoms with Crippen LogP contribution in [0.4, 0.5) is 0 Å². The molecule has 0 amide bonds. The van der Waals surface area contributed by atoms with E-state index in [4.69, 9.17) is 9.05 Å². The van der Waals surface area contributed by atoms with Crippen molar-refractivity contribution in [1.82, 2.24) is 0 Å². The minimum atomic E-state index is -3.44. The number of fused-ring (bicyclic) bond motifs is 1. The van der Waals surface area contributed by atoms with Gasteiger partial charge in [0, 0.05) is 11.2 Å². The zero-order valence-corrected chi connectivity index (χ0v) is 14.3. The molecule has 2 aromatic rings. The van der Waals surface area contributed by atoms with Crippen LogP contribution in [-0.4, -0.2) is 12.2 Å². The van der Waals surface area contributed by atoms with Crippen molar-refractivity contribution in [2.24, 2.45) is 0 Å². The summed E-state index contributed by atoms with van der Waals surface area (Å²) in [6.07, 6.45) is -0.433. The molecule has 0 fully saturated rings. The number of hydrogen-bond donors (Lipinski definition) is 0. The first-order chi connectivity index (χ1) is 10.4. The third-order valence-corrected chi connectivity index (χ3v) is 4.60. The Morgan fingerprint density at radius 2 is 1.50 bits per heavy atom. The van der Waals surface area contributed by atoms with Gasteiger partial charge in [0.05, 0.1) is 12.2 Å². The van der Waals surface area contributed by atoms with E-state index in [1.807, 2.05) is 70.2 Å². The van der Waals surface area contributed by atoms with Crippen molar-refractivity contribution in [2.75, 3.05) is 0 Å². The molecule has 2 rings (SSSR count). The fraction of sp³-hybridized carbons (Fsp3) is 0.333. The minimum Gasteiger partial charge on any atom is -0.297 e. The quantitative estimate of drug-likeness (QED) is 0.575. The number of hydrogen-bond acceptors (Lipinski definition) is 3. The van der Waals surface area contributed by atoms with Crippen LogP contribution in [0.3, 0.4) is 0 Å². The standard InChI is InChI=1S/C18H21O3P/c1-14(2)20-22(19,21-15(3)4)13-12-17-10-7-9-16-8-5-6-11-18(16)17/h5-11,14-15H,1-4H3. The maximum atomic E-state index is 12.7. The second kappa shape index (κ2) is 7.11.